The first-order valence-corrected chi connectivity index (χ1v) is 5.34. The minimum atomic E-state index is -0.531. The molecule has 3 N–H and O–H groups in total. The Labute approximate surface area is 104 Å². The zero-order valence-electron chi connectivity index (χ0n) is 10.2. The molecule has 0 atom stereocenters. The first kappa shape index (κ1) is 13.6. The van der Waals surface area contributed by atoms with Gasteiger partial charge in [-0.15, -0.1) is 0 Å². The van der Waals surface area contributed by atoms with Crippen LogP contribution in [0, 0.1) is 12.3 Å². The maximum absolute atomic E-state index is 11.7. The molecule has 18 heavy (non-hydrogen) atoms. The summed E-state index contributed by atoms with van der Waals surface area (Å²) in [6.45, 7) is 3.79. The molecule has 1 rings (SSSR count). The molecule has 1 aromatic rings. The van der Waals surface area contributed by atoms with Gasteiger partial charge in [-0.1, -0.05) is 12.2 Å². The van der Waals surface area contributed by atoms with E-state index in [0.29, 0.717) is 5.69 Å². The second-order valence-electron chi connectivity index (χ2n) is 3.53. The molecular formula is C11H15N5O2. The van der Waals surface area contributed by atoms with Gasteiger partial charge < -0.3 is 4.98 Å². The van der Waals surface area contributed by atoms with Crippen LogP contribution >= 0.6 is 0 Å². The number of carbonyl (C=O) groups is 1. The Morgan fingerprint density at radius 3 is 2.94 bits per heavy atom. The molecular weight excluding hydrogens is 234 g/mol. The molecule has 0 bridgehead atoms. The number of H-pyrrole nitrogens is 1. The van der Waals surface area contributed by atoms with Crippen LogP contribution in [-0.4, -0.2) is 33.8 Å². The van der Waals surface area contributed by atoms with Crippen LogP contribution in [0.1, 0.15) is 12.6 Å². The number of urea groups is 1. The molecule has 0 aromatic carbocycles. The number of nitrogens with zero attached hydrogens (tertiary/aromatic N) is 2. The van der Waals surface area contributed by atoms with Crippen molar-refractivity contribution in [1.29, 1.82) is 5.41 Å². The van der Waals surface area contributed by atoms with Gasteiger partial charge in [0, 0.05) is 18.3 Å². The quantitative estimate of drug-likeness (QED) is 0.423. The van der Waals surface area contributed by atoms with E-state index in [1.807, 2.05) is 6.92 Å². The average Bonchev–Trinajstić information content (AvgIpc) is 2.28. The van der Waals surface area contributed by atoms with E-state index in [1.54, 1.807) is 19.1 Å². The Morgan fingerprint density at radius 1 is 1.67 bits per heavy atom. The third kappa shape index (κ3) is 3.85. The smallest absolute Gasteiger partial charge is 0.329 e. The van der Waals surface area contributed by atoms with Gasteiger partial charge in [0.15, 0.2) is 0 Å². The van der Waals surface area contributed by atoms with E-state index in [-0.39, 0.29) is 12.5 Å². The highest BCUT2D eigenvalue weighted by atomic mass is 16.2. The van der Waals surface area contributed by atoms with Crippen LogP contribution in [0.3, 0.4) is 0 Å². The molecule has 0 fully saturated rings. The van der Waals surface area contributed by atoms with Crippen molar-refractivity contribution >= 4 is 18.3 Å². The van der Waals surface area contributed by atoms with Crippen LogP contribution in [0.25, 0.3) is 0 Å². The first-order chi connectivity index (χ1) is 8.56. The third-order valence-corrected chi connectivity index (χ3v) is 2.06. The molecule has 1 heterocycles. The molecule has 0 aliphatic carbocycles. The molecule has 0 radical (unpaired) electrons. The lowest BCUT2D eigenvalue weighted by molar-refractivity contribution is 0.237. The van der Waals surface area contributed by atoms with Gasteiger partial charge in [0.05, 0.1) is 6.34 Å². The lowest BCUT2D eigenvalue weighted by atomic mass is 10.4. The molecule has 0 unspecified atom stereocenters. The van der Waals surface area contributed by atoms with Crippen molar-refractivity contribution in [3.05, 3.63) is 34.3 Å². The number of amides is 2. The van der Waals surface area contributed by atoms with E-state index in [9.17, 15) is 9.59 Å². The molecule has 7 nitrogen and oxygen atoms in total. The van der Waals surface area contributed by atoms with Crippen LogP contribution in [0.5, 0.6) is 0 Å². The Bertz CT molecular complexity index is 520. The summed E-state index contributed by atoms with van der Waals surface area (Å²) < 4.78 is 0. The number of hydrogen-bond donors (Lipinski definition) is 3. The summed E-state index contributed by atoms with van der Waals surface area (Å²) in [6, 6.07) is 0.793. The fraction of sp³-hybridized carbons (Fsp3) is 0.273. The summed E-state index contributed by atoms with van der Waals surface area (Å²) in [5, 5.41) is 9.55. The Balaban J connectivity index is 2.79. The molecule has 0 aliphatic rings. The van der Waals surface area contributed by atoms with E-state index < -0.39 is 11.6 Å². The highest BCUT2D eigenvalue weighted by Gasteiger charge is 2.10. The third-order valence-electron chi connectivity index (χ3n) is 2.06. The molecule has 0 saturated carbocycles. The maximum Gasteiger partial charge on any atom is 0.329 e. The zero-order valence-corrected chi connectivity index (χ0v) is 10.2. The predicted octanol–water partition coefficient (Wildman–Crippen LogP) is 1.10. The van der Waals surface area contributed by atoms with Crippen molar-refractivity contribution in [2.75, 3.05) is 11.9 Å². The van der Waals surface area contributed by atoms with Gasteiger partial charge >= 0.3 is 6.03 Å². The highest BCUT2D eigenvalue weighted by Crippen LogP contribution is 1.98. The van der Waals surface area contributed by atoms with Crippen molar-refractivity contribution in [3.8, 4) is 0 Å². The fourth-order valence-electron chi connectivity index (χ4n) is 1.22. The summed E-state index contributed by atoms with van der Waals surface area (Å²) in [5.41, 5.74) is 0.163. The number of rotatable bonds is 4. The second kappa shape index (κ2) is 6.33. The minimum Gasteiger partial charge on any atom is -0.329 e. The van der Waals surface area contributed by atoms with Crippen molar-refractivity contribution in [2.24, 2.45) is 0 Å². The highest BCUT2D eigenvalue weighted by molar-refractivity contribution is 5.94. The van der Waals surface area contributed by atoms with Crippen LogP contribution in [0.4, 0.5) is 10.7 Å². The number of allylic oxidation sites excluding steroid dienone is 1. The van der Waals surface area contributed by atoms with Gasteiger partial charge in [0.1, 0.15) is 0 Å². The van der Waals surface area contributed by atoms with Gasteiger partial charge in [-0.3, -0.25) is 20.4 Å². The van der Waals surface area contributed by atoms with Crippen LogP contribution < -0.4 is 10.9 Å². The fourth-order valence-corrected chi connectivity index (χ4v) is 1.22. The molecule has 2 amide bonds. The summed E-state index contributed by atoms with van der Waals surface area (Å²) >= 11 is 0. The SMILES string of the molecule is C/C=C\CN(C=N)C(=O)Nc1nc(=O)cc(C)[nH]1. The largest absolute Gasteiger partial charge is 0.329 e. The van der Waals surface area contributed by atoms with Gasteiger partial charge in [0.25, 0.3) is 5.56 Å². The van der Waals surface area contributed by atoms with Crippen LogP contribution in [0.2, 0.25) is 0 Å². The zero-order chi connectivity index (χ0) is 13.5. The van der Waals surface area contributed by atoms with Crippen molar-refractivity contribution in [1.82, 2.24) is 14.9 Å². The summed E-state index contributed by atoms with van der Waals surface area (Å²) in [4.78, 5) is 30.4. The van der Waals surface area contributed by atoms with E-state index in [1.165, 1.54) is 6.07 Å². The molecule has 0 spiro atoms. The molecule has 7 heteroatoms. The summed E-state index contributed by atoms with van der Waals surface area (Å²) in [7, 11) is 0. The number of hydrogen-bond acceptors (Lipinski definition) is 4. The Kier molecular flexibility index (Phi) is 4.79. The number of anilines is 1. The normalized spacial score (nSPS) is 10.3. The lowest BCUT2D eigenvalue weighted by Gasteiger charge is -2.15. The summed E-state index contributed by atoms with van der Waals surface area (Å²) in [5.74, 6) is 0.0670. The Morgan fingerprint density at radius 2 is 2.39 bits per heavy atom. The lowest BCUT2D eigenvalue weighted by Crippen LogP contribution is -2.34. The minimum absolute atomic E-state index is 0.0670. The van der Waals surface area contributed by atoms with Crippen molar-refractivity contribution in [2.45, 2.75) is 13.8 Å². The maximum atomic E-state index is 11.7. The van der Waals surface area contributed by atoms with Crippen LogP contribution in [-0.2, 0) is 0 Å². The standard InChI is InChI=1S/C11H15N5O2/c1-3-4-5-16(7-12)11(18)15-10-13-8(2)6-9(17)14-10/h3-4,6-7,12H,5H2,1-2H3,(H2,13,14,15,17,18)/b4-3-,12-7?. The number of aryl methyl sites for hydroxylation is 1. The molecule has 0 aliphatic heterocycles. The number of nitrogens with one attached hydrogen (secondary N) is 3. The van der Waals surface area contributed by atoms with Crippen molar-refractivity contribution < 1.29 is 4.79 Å². The molecule has 96 valence electrons. The molecule has 1 aromatic heterocycles. The van der Waals surface area contributed by atoms with Crippen molar-refractivity contribution in [3.63, 3.8) is 0 Å². The van der Waals surface area contributed by atoms with E-state index in [4.69, 9.17) is 5.41 Å². The van der Waals surface area contributed by atoms with Gasteiger partial charge in [0.2, 0.25) is 5.95 Å². The van der Waals surface area contributed by atoms with Crippen LogP contribution in [0.15, 0.2) is 23.0 Å². The van der Waals surface area contributed by atoms with E-state index in [2.05, 4.69) is 15.3 Å². The number of aromatic nitrogens is 2. The first-order valence-electron chi connectivity index (χ1n) is 5.34. The van der Waals surface area contributed by atoms with E-state index >= 15 is 0 Å². The average molecular weight is 249 g/mol. The monoisotopic (exact) mass is 249 g/mol. The second-order valence-corrected chi connectivity index (χ2v) is 3.53. The predicted molar refractivity (Wildman–Crippen MR) is 68.9 cm³/mol. The topological polar surface area (TPSA) is 102 Å². The summed E-state index contributed by atoms with van der Waals surface area (Å²) in [6.07, 6.45) is 4.41. The molecule has 0 saturated heterocycles. The number of aromatic amines is 1. The van der Waals surface area contributed by atoms with E-state index in [0.717, 1.165) is 11.2 Å². The van der Waals surface area contributed by atoms with Gasteiger partial charge in [-0.2, -0.15) is 4.98 Å². The van der Waals surface area contributed by atoms with Gasteiger partial charge in [-0.25, -0.2) is 4.79 Å². The van der Waals surface area contributed by atoms with Gasteiger partial charge in [-0.05, 0) is 13.8 Å². The Hall–Kier alpha value is -2.44. The number of carbonyl (C=O) groups excluding carboxylic acids is 1.